The van der Waals surface area contributed by atoms with Gasteiger partial charge in [-0.25, -0.2) is 4.79 Å². The van der Waals surface area contributed by atoms with E-state index in [9.17, 15) is 9.59 Å². The SMILES string of the molecule is CCCn1cnnc1[C@@H](C)NC(=O)N1CCC2(CCC(=O)NC2)CC1. The predicted molar refractivity (Wildman–Crippen MR) is 92.7 cm³/mol. The summed E-state index contributed by atoms with van der Waals surface area (Å²) in [6.07, 6.45) is 6.14. The van der Waals surface area contributed by atoms with E-state index in [4.69, 9.17) is 0 Å². The fourth-order valence-corrected chi connectivity index (χ4v) is 3.81. The van der Waals surface area contributed by atoms with Crippen LogP contribution < -0.4 is 10.6 Å². The number of rotatable bonds is 4. The van der Waals surface area contributed by atoms with E-state index < -0.39 is 0 Å². The number of aryl methyl sites for hydroxylation is 1. The Bertz CT molecular complexity index is 608. The van der Waals surface area contributed by atoms with Gasteiger partial charge in [0.15, 0.2) is 5.82 Å². The lowest BCUT2D eigenvalue weighted by atomic mass is 9.73. The van der Waals surface area contributed by atoms with E-state index in [0.717, 1.165) is 57.7 Å². The zero-order valence-corrected chi connectivity index (χ0v) is 15.1. The van der Waals surface area contributed by atoms with Crippen molar-refractivity contribution < 1.29 is 9.59 Å². The van der Waals surface area contributed by atoms with Crippen LogP contribution in [-0.2, 0) is 11.3 Å². The Balaban J connectivity index is 1.52. The molecule has 0 radical (unpaired) electrons. The first-order valence-electron chi connectivity index (χ1n) is 9.23. The number of hydrogen-bond donors (Lipinski definition) is 2. The zero-order chi connectivity index (χ0) is 17.9. The molecule has 0 saturated carbocycles. The van der Waals surface area contributed by atoms with Crippen molar-refractivity contribution in [3.05, 3.63) is 12.2 Å². The molecule has 0 aromatic carbocycles. The molecule has 1 aromatic rings. The normalized spacial score (nSPS) is 21.0. The van der Waals surface area contributed by atoms with Crippen molar-refractivity contribution in [3.8, 4) is 0 Å². The van der Waals surface area contributed by atoms with Crippen molar-refractivity contribution in [2.24, 2.45) is 5.41 Å². The molecule has 138 valence electrons. The molecule has 2 fully saturated rings. The fraction of sp³-hybridized carbons (Fsp3) is 0.765. The van der Waals surface area contributed by atoms with Gasteiger partial charge in [0.1, 0.15) is 6.33 Å². The average molecular weight is 348 g/mol. The van der Waals surface area contributed by atoms with E-state index in [1.54, 1.807) is 6.33 Å². The van der Waals surface area contributed by atoms with E-state index in [1.807, 2.05) is 16.4 Å². The number of piperidine rings is 2. The van der Waals surface area contributed by atoms with Gasteiger partial charge in [-0.05, 0) is 38.0 Å². The Morgan fingerprint density at radius 1 is 1.40 bits per heavy atom. The van der Waals surface area contributed by atoms with Crippen LogP contribution in [0.3, 0.4) is 0 Å². The number of aromatic nitrogens is 3. The second kappa shape index (κ2) is 7.41. The Morgan fingerprint density at radius 2 is 2.16 bits per heavy atom. The van der Waals surface area contributed by atoms with Crippen LogP contribution in [0.25, 0.3) is 0 Å². The van der Waals surface area contributed by atoms with Crippen molar-refractivity contribution in [1.29, 1.82) is 0 Å². The molecule has 2 N–H and O–H groups in total. The Labute approximate surface area is 148 Å². The molecule has 2 aliphatic rings. The summed E-state index contributed by atoms with van der Waals surface area (Å²) in [7, 11) is 0. The molecule has 3 heterocycles. The molecule has 3 rings (SSSR count). The summed E-state index contributed by atoms with van der Waals surface area (Å²) in [5.74, 6) is 0.939. The van der Waals surface area contributed by atoms with Crippen molar-refractivity contribution in [2.75, 3.05) is 19.6 Å². The molecule has 0 aliphatic carbocycles. The third-order valence-corrected chi connectivity index (χ3v) is 5.49. The Hall–Kier alpha value is -2.12. The summed E-state index contributed by atoms with van der Waals surface area (Å²) in [6, 6.07) is -0.223. The van der Waals surface area contributed by atoms with Crippen LogP contribution >= 0.6 is 0 Å². The number of urea groups is 1. The number of carbonyl (C=O) groups excluding carboxylic acids is 2. The maximum Gasteiger partial charge on any atom is 0.317 e. The number of hydrogen-bond acceptors (Lipinski definition) is 4. The number of carbonyl (C=O) groups is 2. The topological polar surface area (TPSA) is 92.2 Å². The molecule has 2 aliphatic heterocycles. The minimum Gasteiger partial charge on any atom is -0.356 e. The zero-order valence-electron chi connectivity index (χ0n) is 15.1. The second-order valence-corrected chi connectivity index (χ2v) is 7.32. The lowest BCUT2D eigenvalue weighted by Crippen LogP contribution is -2.52. The van der Waals surface area contributed by atoms with Gasteiger partial charge in [-0.2, -0.15) is 0 Å². The van der Waals surface area contributed by atoms with Crippen molar-refractivity contribution in [1.82, 2.24) is 30.3 Å². The molecular weight excluding hydrogens is 320 g/mol. The maximum absolute atomic E-state index is 12.6. The summed E-state index contributed by atoms with van der Waals surface area (Å²) >= 11 is 0. The standard InChI is InChI=1S/C17H28N6O2/c1-3-8-23-12-19-21-15(23)13(2)20-16(25)22-9-6-17(7-10-22)5-4-14(24)18-11-17/h12-13H,3-11H2,1-2H3,(H,18,24)(H,20,25)/t13-/m1/s1. The van der Waals surface area contributed by atoms with Gasteiger partial charge in [-0.3, -0.25) is 4.79 Å². The van der Waals surface area contributed by atoms with Crippen LogP contribution in [0.4, 0.5) is 4.79 Å². The summed E-state index contributed by atoms with van der Waals surface area (Å²) in [5, 5.41) is 14.1. The van der Waals surface area contributed by atoms with Crippen LogP contribution in [0.15, 0.2) is 6.33 Å². The van der Waals surface area contributed by atoms with Gasteiger partial charge in [0.05, 0.1) is 6.04 Å². The second-order valence-electron chi connectivity index (χ2n) is 7.32. The monoisotopic (exact) mass is 348 g/mol. The summed E-state index contributed by atoms with van der Waals surface area (Å²) in [4.78, 5) is 25.8. The van der Waals surface area contributed by atoms with Gasteiger partial charge in [0, 0.05) is 32.6 Å². The van der Waals surface area contributed by atoms with Gasteiger partial charge in [0.2, 0.25) is 5.91 Å². The van der Waals surface area contributed by atoms with E-state index in [2.05, 4.69) is 27.8 Å². The van der Waals surface area contributed by atoms with Crippen LogP contribution in [0.5, 0.6) is 0 Å². The van der Waals surface area contributed by atoms with E-state index >= 15 is 0 Å². The number of nitrogens with one attached hydrogen (secondary N) is 2. The molecule has 0 bridgehead atoms. The van der Waals surface area contributed by atoms with Crippen LogP contribution in [0.2, 0.25) is 0 Å². The fourth-order valence-electron chi connectivity index (χ4n) is 3.81. The van der Waals surface area contributed by atoms with E-state index in [-0.39, 0.29) is 23.4 Å². The molecule has 2 saturated heterocycles. The van der Waals surface area contributed by atoms with Crippen LogP contribution in [-0.4, -0.2) is 51.2 Å². The van der Waals surface area contributed by atoms with E-state index in [0.29, 0.717) is 6.42 Å². The van der Waals surface area contributed by atoms with Crippen molar-refractivity contribution >= 4 is 11.9 Å². The van der Waals surface area contributed by atoms with Gasteiger partial charge in [0.25, 0.3) is 0 Å². The molecular formula is C17H28N6O2. The largest absolute Gasteiger partial charge is 0.356 e. The molecule has 3 amide bonds. The highest BCUT2D eigenvalue weighted by Gasteiger charge is 2.38. The van der Waals surface area contributed by atoms with Gasteiger partial charge >= 0.3 is 6.03 Å². The van der Waals surface area contributed by atoms with Gasteiger partial charge in [-0.1, -0.05) is 6.92 Å². The highest BCUT2D eigenvalue weighted by molar-refractivity contribution is 5.77. The number of likely N-dealkylation sites (tertiary alicyclic amines) is 1. The third-order valence-electron chi connectivity index (χ3n) is 5.49. The first-order valence-corrected chi connectivity index (χ1v) is 9.23. The lowest BCUT2D eigenvalue weighted by Gasteiger charge is -2.44. The maximum atomic E-state index is 12.6. The highest BCUT2D eigenvalue weighted by Crippen LogP contribution is 2.37. The molecule has 25 heavy (non-hydrogen) atoms. The number of nitrogens with zero attached hydrogens (tertiary/aromatic N) is 4. The summed E-state index contributed by atoms with van der Waals surface area (Å²) in [6.45, 7) is 7.10. The smallest absolute Gasteiger partial charge is 0.317 e. The first kappa shape index (κ1) is 17.7. The molecule has 8 nitrogen and oxygen atoms in total. The van der Waals surface area contributed by atoms with Crippen molar-refractivity contribution in [2.45, 2.75) is 58.5 Å². The highest BCUT2D eigenvalue weighted by atomic mass is 16.2. The quantitative estimate of drug-likeness (QED) is 0.861. The number of amides is 3. The first-order chi connectivity index (χ1) is 12.0. The Morgan fingerprint density at radius 3 is 2.80 bits per heavy atom. The molecule has 1 atom stereocenters. The predicted octanol–water partition coefficient (Wildman–Crippen LogP) is 1.45. The minimum atomic E-state index is -0.175. The minimum absolute atomic E-state index is 0.0479. The van der Waals surface area contributed by atoms with Crippen molar-refractivity contribution in [3.63, 3.8) is 0 Å². The molecule has 1 spiro atoms. The Kier molecular flexibility index (Phi) is 5.24. The van der Waals surface area contributed by atoms with Crippen LogP contribution in [0, 0.1) is 5.41 Å². The summed E-state index contributed by atoms with van der Waals surface area (Å²) in [5.41, 5.74) is 0.178. The average Bonchev–Trinajstić information content (AvgIpc) is 3.07. The van der Waals surface area contributed by atoms with Gasteiger partial charge in [-0.15, -0.1) is 10.2 Å². The summed E-state index contributed by atoms with van der Waals surface area (Å²) < 4.78 is 1.99. The van der Waals surface area contributed by atoms with Gasteiger partial charge < -0.3 is 20.1 Å². The molecule has 8 heteroatoms. The van der Waals surface area contributed by atoms with Crippen LogP contribution in [0.1, 0.15) is 57.8 Å². The molecule has 0 unspecified atom stereocenters. The lowest BCUT2D eigenvalue weighted by molar-refractivity contribution is -0.125. The molecule has 1 aromatic heterocycles. The van der Waals surface area contributed by atoms with E-state index in [1.165, 1.54) is 0 Å². The third kappa shape index (κ3) is 3.93.